The molecule has 2 bridgehead atoms. The standard InChI is InChI=1S/C19H25NO3/c1-22-14-6-3-11(9-15(14)23-2)7-8-20-19(21)18-16-12-4-5-13(10-12)17(16)18/h3,6,9,12-13,16-18H,4-5,7-8,10H2,1-2H3,(H,20,21). The molecule has 4 unspecified atom stereocenters. The summed E-state index contributed by atoms with van der Waals surface area (Å²) in [4.78, 5) is 12.4. The molecule has 1 aromatic rings. The highest BCUT2D eigenvalue weighted by Crippen LogP contribution is 2.69. The quantitative estimate of drug-likeness (QED) is 0.878. The molecule has 1 N–H and O–H groups in total. The van der Waals surface area contributed by atoms with Gasteiger partial charge in [0.2, 0.25) is 5.91 Å². The molecule has 0 aliphatic heterocycles. The van der Waals surface area contributed by atoms with Crippen molar-refractivity contribution in [2.24, 2.45) is 29.6 Å². The van der Waals surface area contributed by atoms with Crippen LogP contribution in [0.5, 0.6) is 11.5 Å². The fourth-order valence-corrected chi connectivity index (χ4v) is 5.16. The second-order valence-corrected chi connectivity index (χ2v) is 7.24. The van der Waals surface area contributed by atoms with Crippen LogP contribution in [0.4, 0.5) is 0 Å². The minimum Gasteiger partial charge on any atom is -0.493 e. The van der Waals surface area contributed by atoms with E-state index >= 15 is 0 Å². The molecule has 0 radical (unpaired) electrons. The van der Waals surface area contributed by atoms with Gasteiger partial charge in [-0.1, -0.05) is 6.07 Å². The third-order valence-corrected chi connectivity index (χ3v) is 6.20. The number of benzene rings is 1. The number of hydrogen-bond donors (Lipinski definition) is 1. The zero-order chi connectivity index (χ0) is 16.0. The number of ether oxygens (including phenoxy) is 2. The lowest BCUT2D eigenvalue weighted by molar-refractivity contribution is -0.123. The molecule has 0 heterocycles. The van der Waals surface area contributed by atoms with E-state index in [1.807, 2.05) is 18.2 Å². The molecule has 124 valence electrons. The summed E-state index contributed by atoms with van der Waals surface area (Å²) in [6, 6.07) is 5.93. The molecular weight excluding hydrogens is 290 g/mol. The van der Waals surface area contributed by atoms with Crippen molar-refractivity contribution in [2.75, 3.05) is 20.8 Å². The zero-order valence-corrected chi connectivity index (χ0v) is 13.9. The summed E-state index contributed by atoms with van der Waals surface area (Å²) >= 11 is 0. The summed E-state index contributed by atoms with van der Waals surface area (Å²) in [7, 11) is 3.28. The summed E-state index contributed by atoms with van der Waals surface area (Å²) in [5.74, 6) is 5.23. The summed E-state index contributed by atoms with van der Waals surface area (Å²) in [6.07, 6.45) is 4.94. The van der Waals surface area contributed by atoms with Crippen molar-refractivity contribution in [3.63, 3.8) is 0 Å². The van der Waals surface area contributed by atoms with Crippen LogP contribution in [0.1, 0.15) is 24.8 Å². The molecule has 4 rings (SSSR count). The molecular formula is C19H25NO3. The predicted molar refractivity (Wildman–Crippen MR) is 87.6 cm³/mol. The highest BCUT2D eigenvalue weighted by molar-refractivity contribution is 5.82. The number of carbonyl (C=O) groups excluding carboxylic acids is 1. The Morgan fingerprint density at radius 3 is 2.48 bits per heavy atom. The average Bonchev–Trinajstić information content (AvgIpc) is 3.02. The zero-order valence-electron chi connectivity index (χ0n) is 13.9. The summed E-state index contributed by atoms with van der Waals surface area (Å²) in [5.41, 5.74) is 1.15. The third kappa shape index (κ3) is 2.48. The van der Waals surface area contributed by atoms with Gasteiger partial charge in [0.1, 0.15) is 0 Å². The number of carbonyl (C=O) groups is 1. The van der Waals surface area contributed by atoms with E-state index in [0.717, 1.165) is 47.2 Å². The van der Waals surface area contributed by atoms with Gasteiger partial charge in [0.25, 0.3) is 0 Å². The van der Waals surface area contributed by atoms with Crippen molar-refractivity contribution in [2.45, 2.75) is 25.7 Å². The van der Waals surface area contributed by atoms with E-state index in [2.05, 4.69) is 5.32 Å². The molecule has 3 fully saturated rings. The minimum atomic E-state index is 0.289. The van der Waals surface area contributed by atoms with Gasteiger partial charge in [-0.25, -0.2) is 0 Å². The Morgan fingerprint density at radius 1 is 1.13 bits per heavy atom. The maximum atomic E-state index is 12.4. The van der Waals surface area contributed by atoms with Crippen LogP contribution in [-0.2, 0) is 11.2 Å². The largest absolute Gasteiger partial charge is 0.493 e. The predicted octanol–water partition coefficient (Wildman–Crippen LogP) is 2.65. The summed E-state index contributed by atoms with van der Waals surface area (Å²) in [6.45, 7) is 0.694. The Labute approximate surface area is 137 Å². The van der Waals surface area contributed by atoms with Gasteiger partial charge in [-0.15, -0.1) is 0 Å². The fraction of sp³-hybridized carbons (Fsp3) is 0.632. The van der Waals surface area contributed by atoms with Gasteiger partial charge in [-0.2, -0.15) is 0 Å². The monoisotopic (exact) mass is 315 g/mol. The SMILES string of the molecule is COc1ccc(CCNC(=O)C2C3C4CCC(C4)C23)cc1OC. The molecule has 3 saturated carbocycles. The third-order valence-electron chi connectivity index (χ3n) is 6.20. The number of amides is 1. The van der Waals surface area contributed by atoms with E-state index in [1.54, 1.807) is 14.2 Å². The summed E-state index contributed by atoms with van der Waals surface area (Å²) in [5, 5.41) is 3.15. The van der Waals surface area contributed by atoms with E-state index in [4.69, 9.17) is 9.47 Å². The van der Waals surface area contributed by atoms with Gasteiger partial charge in [-0.3, -0.25) is 4.79 Å². The maximum absolute atomic E-state index is 12.4. The van der Waals surface area contributed by atoms with Crippen LogP contribution in [0.3, 0.4) is 0 Å². The number of nitrogens with one attached hydrogen (secondary N) is 1. The first-order chi connectivity index (χ1) is 11.2. The Bertz CT molecular complexity index is 599. The Kier molecular flexibility index (Phi) is 3.70. The topological polar surface area (TPSA) is 47.6 Å². The highest BCUT2D eigenvalue weighted by atomic mass is 16.5. The smallest absolute Gasteiger partial charge is 0.223 e. The van der Waals surface area contributed by atoms with Crippen molar-refractivity contribution >= 4 is 5.91 Å². The lowest BCUT2D eigenvalue weighted by atomic mass is 10.0. The lowest BCUT2D eigenvalue weighted by Gasteiger charge is -2.11. The van der Waals surface area contributed by atoms with Gasteiger partial charge in [-0.05, 0) is 67.1 Å². The van der Waals surface area contributed by atoms with Crippen LogP contribution in [0, 0.1) is 29.6 Å². The molecule has 3 aliphatic rings. The molecule has 0 saturated heterocycles. The van der Waals surface area contributed by atoms with Crippen molar-refractivity contribution in [1.82, 2.24) is 5.32 Å². The normalized spacial score (nSPS) is 33.2. The average molecular weight is 315 g/mol. The second-order valence-electron chi connectivity index (χ2n) is 7.24. The van der Waals surface area contributed by atoms with Crippen LogP contribution in [0.2, 0.25) is 0 Å². The number of rotatable bonds is 6. The number of methoxy groups -OCH3 is 2. The minimum absolute atomic E-state index is 0.289. The van der Waals surface area contributed by atoms with E-state index in [9.17, 15) is 4.79 Å². The molecule has 4 nitrogen and oxygen atoms in total. The van der Waals surface area contributed by atoms with Gasteiger partial charge in [0.15, 0.2) is 11.5 Å². The molecule has 1 aromatic carbocycles. The van der Waals surface area contributed by atoms with Gasteiger partial charge < -0.3 is 14.8 Å². The molecule has 4 atom stereocenters. The maximum Gasteiger partial charge on any atom is 0.223 e. The summed E-state index contributed by atoms with van der Waals surface area (Å²) < 4.78 is 10.6. The first-order valence-electron chi connectivity index (χ1n) is 8.71. The Hall–Kier alpha value is -1.71. The Morgan fingerprint density at radius 2 is 1.83 bits per heavy atom. The van der Waals surface area contributed by atoms with Crippen molar-refractivity contribution in [1.29, 1.82) is 0 Å². The first-order valence-corrected chi connectivity index (χ1v) is 8.71. The van der Waals surface area contributed by atoms with Crippen molar-refractivity contribution < 1.29 is 14.3 Å². The van der Waals surface area contributed by atoms with E-state index in [1.165, 1.54) is 19.3 Å². The van der Waals surface area contributed by atoms with Crippen LogP contribution >= 0.6 is 0 Å². The van der Waals surface area contributed by atoms with E-state index in [-0.39, 0.29) is 5.91 Å². The molecule has 0 aromatic heterocycles. The molecule has 4 heteroatoms. The van der Waals surface area contributed by atoms with Crippen LogP contribution < -0.4 is 14.8 Å². The van der Waals surface area contributed by atoms with Crippen LogP contribution in [0.25, 0.3) is 0 Å². The van der Waals surface area contributed by atoms with Gasteiger partial charge in [0, 0.05) is 12.5 Å². The van der Waals surface area contributed by atoms with Gasteiger partial charge >= 0.3 is 0 Å². The van der Waals surface area contributed by atoms with Crippen LogP contribution in [0.15, 0.2) is 18.2 Å². The molecule has 1 amide bonds. The van der Waals surface area contributed by atoms with Crippen molar-refractivity contribution in [3.8, 4) is 11.5 Å². The van der Waals surface area contributed by atoms with E-state index < -0.39 is 0 Å². The fourth-order valence-electron chi connectivity index (χ4n) is 5.16. The van der Waals surface area contributed by atoms with Crippen molar-refractivity contribution in [3.05, 3.63) is 23.8 Å². The first kappa shape index (κ1) is 14.9. The van der Waals surface area contributed by atoms with E-state index in [0.29, 0.717) is 12.5 Å². The Balaban J connectivity index is 1.28. The molecule has 23 heavy (non-hydrogen) atoms. The molecule has 0 spiro atoms. The number of hydrogen-bond acceptors (Lipinski definition) is 3. The van der Waals surface area contributed by atoms with Crippen LogP contribution in [-0.4, -0.2) is 26.7 Å². The lowest BCUT2D eigenvalue weighted by Crippen LogP contribution is -2.29. The highest BCUT2D eigenvalue weighted by Gasteiger charge is 2.67. The second kappa shape index (κ2) is 5.73. The number of fused-ring (bicyclic) bond motifs is 5. The van der Waals surface area contributed by atoms with Gasteiger partial charge in [0.05, 0.1) is 14.2 Å². The molecule has 3 aliphatic carbocycles.